The second kappa shape index (κ2) is 7.35. The number of hydrogen-bond acceptors (Lipinski definition) is 4. The van der Waals surface area contributed by atoms with E-state index in [1.807, 2.05) is 27.0 Å². The first-order chi connectivity index (χ1) is 9.74. The molecule has 0 saturated carbocycles. The van der Waals surface area contributed by atoms with E-state index in [1.165, 1.54) is 0 Å². The van der Waals surface area contributed by atoms with Crippen LogP contribution in [0.2, 0.25) is 0 Å². The van der Waals surface area contributed by atoms with E-state index in [4.69, 9.17) is 5.73 Å². The molecule has 1 rings (SSSR count). The summed E-state index contributed by atoms with van der Waals surface area (Å²) in [7, 11) is 0. The van der Waals surface area contributed by atoms with Gasteiger partial charge in [-0.25, -0.2) is 4.79 Å². The van der Waals surface area contributed by atoms with Gasteiger partial charge in [-0.2, -0.15) is 16.9 Å². The molecular weight excluding hydrogens is 290 g/mol. The summed E-state index contributed by atoms with van der Waals surface area (Å²) in [5.74, 6) is 0.853. The van der Waals surface area contributed by atoms with Gasteiger partial charge in [-0.1, -0.05) is 20.8 Å². The Labute approximate surface area is 128 Å². The van der Waals surface area contributed by atoms with Gasteiger partial charge in [0.25, 0.3) is 0 Å². The van der Waals surface area contributed by atoms with Gasteiger partial charge in [-0.3, -0.25) is 9.89 Å². The summed E-state index contributed by atoms with van der Waals surface area (Å²) >= 11 is 1.59. The van der Waals surface area contributed by atoms with Crippen molar-refractivity contribution in [3.05, 3.63) is 11.8 Å². The number of H-pyrrole nitrogens is 1. The Hall–Kier alpha value is -1.70. The van der Waals surface area contributed by atoms with Crippen LogP contribution in [-0.4, -0.2) is 40.2 Å². The SMILES string of the molecule is CSCCC(NC(N)=O)C(=O)Nc1cc(C(C)(C)C)[nH]n1. The lowest BCUT2D eigenvalue weighted by Crippen LogP contribution is -2.46. The summed E-state index contributed by atoms with van der Waals surface area (Å²) in [6, 6.07) is 0.409. The van der Waals surface area contributed by atoms with Gasteiger partial charge in [0, 0.05) is 17.2 Å². The predicted octanol–water partition coefficient (Wildman–Crippen LogP) is 1.44. The number of nitrogens with zero attached hydrogens (tertiary/aromatic N) is 1. The summed E-state index contributed by atoms with van der Waals surface area (Å²) in [4.78, 5) is 23.1. The normalized spacial score (nSPS) is 12.8. The molecule has 0 bridgehead atoms. The maximum Gasteiger partial charge on any atom is 0.312 e. The van der Waals surface area contributed by atoms with Gasteiger partial charge in [0.1, 0.15) is 6.04 Å². The Morgan fingerprint density at radius 1 is 1.48 bits per heavy atom. The molecule has 21 heavy (non-hydrogen) atoms. The van der Waals surface area contributed by atoms with Gasteiger partial charge in [-0.05, 0) is 18.4 Å². The van der Waals surface area contributed by atoms with Crippen LogP contribution >= 0.6 is 11.8 Å². The summed E-state index contributed by atoms with van der Waals surface area (Å²) in [5, 5.41) is 12.1. The van der Waals surface area contributed by atoms with E-state index in [9.17, 15) is 9.59 Å². The molecule has 1 heterocycles. The third-order valence-corrected chi connectivity index (χ3v) is 3.52. The second-order valence-electron chi connectivity index (χ2n) is 5.75. The van der Waals surface area contributed by atoms with Crippen LogP contribution in [0.15, 0.2) is 6.07 Å². The topological polar surface area (TPSA) is 113 Å². The molecule has 0 radical (unpaired) electrons. The minimum atomic E-state index is -0.714. The molecule has 5 N–H and O–H groups in total. The zero-order valence-corrected chi connectivity index (χ0v) is 13.6. The van der Waals surface area contributed by atoms with Crippen molar-refractivity contribution in [3.63, 3.8) is 0 Å². The first-order valence-electron chi connectivity index (χ1n) is 6.65. The van der Waals surface area contributed by atoms with Crippen molar-refractivity contribution in [3.8, 4) is 0 Å². The van der Waals surface area contributed by atoms with Gasteiger partial charge >= 0.3 is 6.03 Å². The smallest absolute Gasteiger partial charge is 0.312 e. The van der Waals surface area contributed by atoms with Gasteiger partial charge in [0.2, 0.25) is 5.91 Å². The molecule has 0 aliphatic carbocycles. The molecule has 0 aliphatic heterocycles. The molecule has 0 fully saturated rings. The van der Waals surface area contributed by atoms with Crippen LogP contribution in [0.3, 0.4) is 0 Å². The molecule has 3 amide bonds. The van der Waals surface area contributed by atoms with E-state index in [2.05, 4.69) is 20.8 Å². The number of hydrogen-bond donors (Lipinski definition) is 4. The lowest BCUT2D eigenvalue weighted by molar-refractivity contribution is -0.118. The number of thioether (sulfide) groups is 1. The molecule has 0 saturated heterocycles. The third-order valence-electron chi connectivity index (χ3n) is 2.88. The highest BCUT2D eigenvalue weighted by atomic mass is 32.2. The van der Waals surface area contributed by atoms with Crippen LogP contribution in [0, 0.1) is 0 Å². The highest BCUT2D eigenvalue weighted by Gasteiger charge is 2.22. The van der Waals surface area contributed by atoms with Crippen molar-refractivity contribution in [2.24, 2.45) is 5.73 Å². The van der Waals surface area contributed by atoms with E-state index < -0.39 is 12.1 Å². The lowest BCUT2D eigenvalue weighted by atomic mass is 9.92. The Kier molecular flexibility index (Phi) is 6.07. The maximum atomic E-state index is 12.2. The van der Waals surface area contributed by atoms with Crippen molar-refractivity contribution < 1.29 is 9.59 Å². The van der Waals surface area contributed by atoms with Crippen LogP contribution in [0.5, 0.6) is 0 Å². The van der Waals surface area contributed by atoms with Gasteiger partial charge in [0.15, 0.2) is 5.82 Å². The monoisotopic (exact) mass is 313 g/mol. The number of anilines is 1. The molecule has 1 unspecified atom stereocenters. The molecule has 0 spiro atoms. The second-order valence-corrected chi connectivity index (χ2v) is 6.73. The van der Waals surface area contributed by atoms with Gasteiger partial charge < -0.3 is 16.4 Å². The summed E-state index contributed by atoms with van der Waals surface area (Å²) < 4.78 is 0. The number of primary amides is 1. The maximum absolute atomic E-state index is 12.2. The predicted molar refractivity (Wildman–Crippen MR) is 85.4 cm³/mol. The Bertz CT molecular complexity index is 495. The number of amides is 3. The molecule has 8 heteroatoms. The van der Waals surface area contributed by atoms with Gasteiger partial charge in [-0.15, -0.1) is 0 Å². The Morgan fingerprint density at radius 2 is 2.14 bits per heavy atom. The number of aromatic nitrogens is 2. The summed E-state index contributed by atoms with van der Waals surface area (Å²) in [5.41, 5.74) is 5.93. The lowest BCUT2D eigenvalue weighted by Gasteiger charge is -2.16. The van der Waals surface area contributed by atoms with Crippen LogP contribution < -0.4 is 16.4 Å². The number of aromatic amines is 1. The van der Waals surface area contributed by atoms with Crippen LogP contribution in [-0.2, 0) is 10.2 Å². The molecule has 0 aromatic carbocycles. The molecule has 118 valence electrons. The van der Waals surface area contributed by atoms with Crippen molar-refractivity contribution >= 4 is 29.5 Å². The Balaban J connectivity index is 2.71. The average Bonchev–Trinajstić information content (AvgIpc) is 2.82. The number of carbonyl (C=O) groups excluding carboxylic acids is 2. The standard InChI is InChI=1S/C13H23N5O2S/c1-13(2,3)9-7-10(18-17-9)16-11(19)8(5-6-21-4)15-12(14)20/h7-8H,5-6H2,1-4H3,(H3,14,15,20)(H2,16,17,18,19). The highest BCUT2D eigenvalue weighted by Crippen LogP contribution is 2.22. The zero-order chi connectivity index (χ0) is 16.0. The number of carbonyl (C=O) groups is 2. The molecule has 1 aromatic rings. The van der Waals surface area contributed by atoms with Crippen molar-refractivity contribution in [1.82, 2.24) is 15.5 Å². The number of rotatable bonds is 6. The van der Waals surface area contributed by atoms with E-state index in [0.29, 0.717) is 12.2 Å². The minimum absolute atomic E-state index is 0.0836. The number of nitrogens with two attached hydrogens (primary N) is 1. The van der Waals surface area contributed by atoms with Crippen molar-refractivity contribution in [2.75, 3.05) is 17.3 Å². The van der Waals surface area contributed by atoms with Gasteiger partial charge in [0.05, 0.1) is 0 Å². The van der Waals surface area contributed by atoms with E-state index in [1.54, 1.807) is 17.8 Å². The minimum Gasteiger partial charge on any atom is -0.352 e. The highest BCUT2D eigenvalue weighted by molar-refractivity contribution is 7.98. The first kappa shape index (κ1) is 17.4. The quantitative estimate of drug-likeness (QED) is 0.636. The largest absolute Gasteiger partial charge is 0.352 e. The molecular formula is C13H23N5O2S. The third kappa shape index (κ3) is 5.66. The number of urea groups is 1. The fourth-order valence-corrected chi connectivity index (χ4v) is 2.13. The van der Waals surface area contributed by atoms with Crippen molar-refractivity contribution in [1.29, 1.82) is 0 Å². The molecule has 1 atom stereocenters. The van der Waals surface area contributed by atoms with Crippen LogP contribution in [0.25, 0.3) is 0 Å². The Morgan fingerprint density at radius 3 is 2.62 bits per heavy atom. The molecule has 0 aliphatic rings. The first-order valence-corrected chi connectivity index (χ1v) is 8.05. The summed E-state index contributed by atoms with van der Waals surface area (Å²) in [6.45, 7) is 6.13. The fraction of sp³-hybridized carbons (Fsp3) is 0.615. The number of nitrogens with one attached hydrogen (secondary N) is 3. The van der Waals surface area contributed by atoms with E-state index >= 15 is 0 Å². The van der Waals surface area contributed by atoms with E-state index in [0.717, 1.165) is 11.4 Å². The van der Waals surface area contributed by atoms with Crippen molar-refractivity contribution in [2.45, 2.75) is 38.6 Å². The average molecular weight is 313 g/mol. The molecule has 1 aromatic heterocycles. The van der Waals surface area contributed by atoms with E-state index in [-0.39, 0.29) is 11.3 Å². The van der Waals surface area contributed by atoms with Crippen LogP contribution in [0.4, 0.5) is 10.6 Å². The fourth-order valence-electron chi connectivity index (χ4n) is 1.66. The zero-order valence-electron chi connectivity index (χ0n) is 12.8. The summed E-state index contributed by atoms with van der Waals surface area (Å²) in [6.07, 6.45) is 2.44. The molecule has 7 nitrogen and oxygen atoms in total. The van der Waals surface area contributed by atoms with Crippen LogP contribution in [0.1, 0.15) is 32.9 Å².